The normalized spacial score (nSPS) is 15.1. The van der Waals surface area contributed by atoms with Crippen molar-refractivity contribution < 1.29 is 9.53 Å². The highest BCUT2D eigenvalue weighted by atomic mass is 35.5. The van der Waals surface area contributed by atoms with Crippen LogP contribution < -0.4 is 15.4 Å². The minimum Gasteiger partial charge on any atom is -0.494 e. The Bertz CT molecular complexity index is 460. The van der Waals surface area contributed by atoms with Gasteiger partial charge in [0.05, 0.1) is 6.61 Å². The summed E-state index contributed by atoms with van der Waals surface area (Å²) in [5.41, 5.74) is 2.21. The molecule has 5 heteroatoms. The van der Waals surface area contributed by atoms with E-state index in [1.165, 1.54) is 5.56 Å². The van der Waals surface area contributed by atoms with Crippen molar-refractivity contribution in [2.45, 2.75) is 33.2 Å². The van der Waals surface area contributed by atoms with Gasteiger partial charge in [-0.05, 0) is 51.4 Å². The largest absolute Gasteiger partial charge is 0.494 e. The number of carbonyl (C=O) groups excluding carboxylic acids is 1. The Balaban J connectivity index is 0.00000220. The lowest BCUT2D eigenvalue weighted by atomic mass is 9.97. The van der Waals surface area contributed by atoms with Crippen LogP contribution in [-0.4, -0.2) is 25.6 Å². The van der Waals surface area contributed by atoms with Crippen molar-refractivity contribution in [3.8, 4) is 5.75 Å². The van der Waals surface area contributed by atoms with Crippen LogP contribution in [0.15, 0.2) is 18.2 Å². The Morgan fingerprint density at radius 3 is 2.76 bits per heavy atom. The third-order valence-electron chi connectivity index (χ3n) is 3.69. The first-order valence-corrected chi connectivity index (χ1v) is 7.41. The molecular weight excluding hydrogens is 288 g/mol. The molecule has 0 saturated carbocycles. The fourth-order valence-electron chi connectivity index (χ4n) is 2.51. The van der Waals surface area contributed by atoms with Gasteiger partial charge in [-0.15, -0.1) is 12.4 Å². The van der Waals surface area contributed by atoms with E-state index in [2.05, 4.69) is 16.7 Å². The zero-order valence-electron chi connectivity index (χ0n) is 12.8. The number of hydrogen-bond donors (Lipinski definition) is 2. The molecule has 0 bridgehead atoms. The van der Waals surface area contributed by atoms with E-state index in [1.54, 1.807) is 0 Å². The van der Waals surface area contributed by atoms with Gasteiger partial charge in [0.2, 0.25) is 5.91 Å². The summed E-state index contributed by atoms with van der Waals surface area (Å²) in [7, 11) is 0. The topological polar surface area (TPSA) is 50.4 Å². The molecule has 1 amide bonds. The molecule has 118 valence electrons. The van der Waals surface area contributed by atoms with E-state index in [9.17, 15) is 4.79 Å². The van der Waals surface area contributed by atoms with Gasteiger partial charge in [-0.2, -0.15) is 0 Å². The lowest BCUT2D eigenvalue weighted by Crippen LogP contribution is -2.37. The maximum Gasteiger partial charge on any atom is 0.223 e. The second-order valence-electron chi connectivity index (χ2n) is 5.29. The van der Waals surface area contributed by atoms with Crippen LogP contribution in [0.1, 0.15) is 30.9 Å². The van der Waals surface area contributed by atoms with Crippen molar-refractivity contribution in [2.24, 2.45) is 5.92 Å². The molecule has 0 unspecified atom stereocenters. The van der Waals surface area contributed by atoms with E-state index in [4.69, 9.17) is 4.74 Å². The minimum atomic E-state index is 0. The van der Waals surface area contributed by atoms with Crippen LogP contribution in [0.2, 0.25) is 0 Å². The monoisotopic (exact) mass is 312 g/mol. The summed E-state index contributed by atoms with van der Waals surface area (Å²) >= 11 is 0. The first-order chi connectivity index (χ1) is 9.70. The zero-order valence-corrected chi connectivity index (χ0v) is 13.6. The first kappa shape index (κ1) is 17.8. The highest BCUT2D eigenvalue weighted by Crippen LogP contribution is 2.20. The Labute approximate surface area is 133 Å². The highest BCUT2D eigenvalue weighted by Gasteiger charge is 2.20. The number of halogens is 1. The fraction of sp³-hybridized carbons (Fsp3) is 0.562. The number of carbonyl (C=O) groups is 1. The van der Waals surface area contributed by atoms with Crippen LogP contribution >= 0.6 is 12.4 Å². The molecule has 2 N–H and O–H groups in total. The third-order valence-corrected chi connectivity index (χ3v) is 3.69. The molecule has 1 aromatic carbocycles. The smallest absolute Gasteiger partial charge is 0.223 e. The second kappa shape index (κ2) is 8.90. The molecule has 0 spiro atoms. The average molecular weight is 313 g/mol. The number of benzene rings is 1. The zero-order chi connectivity index (χ0) is 14.4. The van der Waals surface area contributed by atoms with Crippen LogP contribution in [0.4, 0.5) is 0 Å². The van der Waals surface area contributed by atoms with E-state index in [0.717, 1.165) is 37.2 Å². The van der Waals surface area contributed by atoms with Gasteiger partial charge < -0.3 is 15.4 Å². The van der Waals surface area contributed by atoms with Gasteiger partial charge in [0.1, 0.15) is 5.75 Å². The number of ether oxygens (including phenoxy) is 1. The van der Waals surface area contributed by atoms with Crippen LogP contribution in [0.3, 0.4) is 0 Å². The van der Waals surface area contributed by atoms with Crippen molar-refractivity contribution in [1.82, 2.24) is 10.6 Å². The van der Waals surface area contributed by atoms with E-state index < -0.39 is 0 Å². The molecule has 1 aliphatic heterocycles. The third kappa shape index (κ3) is 5.21. The quantitative estimate of drug-likeness (QED) is 0.878. The van der Waals surface area contributed by atoms with Gasteiger partial charge >= 0.3 is 0 Å². The maximum absolute atomic E-state index is 12.1. The van der Waals surface area contributed by atoms with Gasteiger partial charge in [-0.25, -0.2) is 0 Å². The summed E-state index contributed by atoms with van der Waals surface area (Å²) < 4.78 is 5.63. The Kier molecular flexibility index (Phi) is 7.54. The molecule has 21 heavy (non-hydrogen) atoms. The van der Waals surface area contributed by atoms with Crippen molar-refractivity contribution >= 4 is 18.3 Å². The first-order valence-electron chi connectivity index (χ1n) is 7.41. The summed E-state index contributed by atoms with van der Waals surface area (Å²) in [5, 5.41) is 6.32. The molecule has 4 nitrogen and oxygen atoms in total. The molecule has 1 saturated heterocycles. The van der Waals surface area contributed by atoms with Gasteiger partial charge in [0, 0.05) is 18.0 Å². The summed E-state index contributed by atoms with van der Waals surface area (Å²) in [6.07, 6.45) is 1.86. The fourth-order valence-corrected chi connectivity index (χ4v) is 2.51. The standard InChI is InChI=1S/C16H24N2O2.ClH/c1-3-20-15-10-12(2)4-5-14(15)11-18-16(19)13-6-8-17-9-7-13;/h4-5,10,13,17H,3,6-9,11H2,1-2H3,(H,18,19);1H. The number of rotatable bonds is 5. The van der Waals surface area contributed by atoms with Crippen LogP contribution in [0.5, 0.6) is 5.75 Å². The molecular formula is C16H25ClN2O2. The van der Waals surface area contributed by atoms with Crippen LogP contribution in [-0.2, 0) is 11.3 Å². The number of amides is 1. The summed E-state index contributed by atoms with van der Waals surface area (Å²) in [6, 6.07) is 6.10. The predicted octanol–water partition coefficient (Wildman–Crippen LogP) is 2.43. The predicted molar refractivity (Wildman–Crippen MR) is 87.0 cm³/mol. The van der Waals surface area contributed by atoms with Gasteiger partial charge in [-0.3, -0.25) is 4.79 Å². The van der Waals surface area contributed by atoms with Crippen molar-refractivity contribution in [2.75, 3.05) is 19.7 Å². The van der Waals surface area contributed by atoms with Crippen molar-refractivity contribution in [3.63, 3.8) is 0 Å². The molecule has 0 atom stereocenters. The van der Waals surface area contributed by atoms with Gasteiger partial charge in [0.25, 0.3) is 0 Å². The maximum atomic E-state index is 12.1. The SMILES string of the molecule is CCOc1cc(C)ccc1CNC(=O)C1CCNCC1.Cl. The van der Waals surface area contributed by atoms with E-state index in [0.29, 0.717) is 13.2 Å². The van der Waals surface area contributed by atoms with Crippen LogP contribution in [0, 0.1) is 12.8 Å². The van der Waals surface area contributed by atoms with Crippen molar-refractivity contribution in [1.29, 1.82) is 0 Å². The molecule has 2 rings (SSSR count). The number of aryl methyl sites for hydroxylation is 1. The molecule has 1 heterocycles. The number of hydrogen-bond acceptors (Lipinski definition) is 3. The molecule has 0 aromatic heterocycles. The minimum absolute atomic E-state index is 0. The second-order valence-corrected chi connectivity index (χ2v) is 5.29. The van der Waals surface area contributed by atoms with Gasteiger partial charge in [0.15, 0.2) is 0 Å². The molecule has 1 aliphatic rings. The number of nitrogens with one attached hydrogen (secondary N) is 2. The number of piperidine rings is 1. The summed E-state index contributed by atoms with van der Waals surface area (Å²) in [6.45, 7) is 7.07. The lowest BCUT2D eigenvalue weighted by molar-refractivity contribution is -0.125. The molecule has 1 fully saturated rings. The van der Waals surface area contributed by atoms with E-state index in [1.807, 2.05) is 26.0 Å². The molecule has 0 aliphatic carbocycles. The van der Waals surface area contributed by atoms with Gasteiger partial charge in [-0.1, -0.05) is 12.1 Å². The Morgan fingerprint density at radius 1 is 1.38 bits per heavy atom. The lowest BCUT2D eigenvalue weighted by Gasteiger charge is -2.22. The summed E-state index contributed by atoms with van der Waals surface area (Å²) in [5.74, 6) is 1.19. The Morgan fingerprint density at radius 2 is 2.10 bits per heavy atom. The Hall–Kier alpha value is -1.26. The van der Waals surface area contributed by atoms with E-state index in [-0.39, 0.29) is 24.2 Å². The summed E-state index contributed by atoms with van der Waals surface area (Å²) in [4.78, 5) is 12.1. The van der Waals surface area contributed by atoms with Crippen molar-refractivity contribution in [3.05, 3.63) is 29.3 Å². The molecule has 0 radical (unpaired) electrons. The highest BCUT2D eigenvalue weighted by molar-refractivity contribution is 5.85. The van der Waals surface area contributed by atoms with E-state index >= 15 is 0 Å². The molecule has 1 aromatic rings. The average Bonchev–Trinajstić information content (AvgIpc) is 2.47. The van der Waals surface area contributed by atoms with Crippen LogP contribution in [0.25, 0.3) is 0 Å².